The van der Waals surface area contributed by atoms with E-state index >= 15 is 0 Å². The average Bonchev–Trinajstić information content (AvgIpc) is 3.08. The number of benzene rings is 2. The molecule has 0 amide bonds. The number of thioether (sulfide) groups is 2. The first-order chi connectivity index (χ1) is 15.7. The highest BCUT2D eigenvalue weighted by atomic mass is 32.2. The molecule has 2 saturated heterocycles. The van der Waals surface area contributed by atoms with Crippen LogP contribution in [0.25, 0.3) is 0 Å². The van der Waals surface area contributed by atoms with Crippen molar-refractivity contribution in [1.29, 1.82) is 0 Å². The Labute approximate surface area is 195 Å². The van der Waals surface area contributed by atoms with E-state index in [9.17, 15) is 9.59 Å². The predicted octanol–water partition coefficient (Wildman–Crippen LogP) is 3.41. The van der Waals surface area contributed by atoms with Crippen LogP contribution < -0.4 is 10.6 Å². The largest absolute Gasteiger partial charge is 0.364 e. The van der Waals surface area contributed by atoms with Crippen LogP contribution in [0.4, 0.5) is 11.4 Å². The van der Waals surface area contributed by atoms with E-state index in [0.29, 0.717) is 22.3 Å². The maximum Gasteiger partial charge on any atom is 0.196 e. The zero-order valence-corrected chi connectivity index (χ0v) is 19.3. The fourth-order valence-corrected chi connectivity index (χ4v) is 7.59. The quantitative estimate of drug-likeness (QED) is 0.598. The summed E-state index contributed by atoms with van der Waals surface area (Å²) in [5.74, 6) is 4.37. The Morgan fingerprint density at radius 1 is 0.719 bits per heavy atom. The molecule has 0 radical (unpaired) electrons. The lowest BCUT2D eigenvalue weighted by Gasteiger charge is -2.37. The maximum absolute atomic E-state index is 13.6. The number of hydrogen-bond acceptors (Lipinski definition) is 8. The maximum atomic E-state index is 13.6. The van der Waals surface area contributed by atoms with E-state index in [1.807, 2.05) is 47.8 Å². The Kier molecular flexibility index (Phi) is 4.41. The smallest absolute Gasteiger partial charge is 0.196 e. The first kappa shape index (κ1) is 19.5. The third-order valence-electron chi connectivity index (χ3n) is 7.36. The molecule has 10 rings (SSSR count). The topological polar surface area (TPSA) is 64.7 Å². The molecule has 32 heavy (non-hydrogen) atoms. The normalized spacial score (nSPS) is 26.5. The molecule has 2 atom stereocenters. The summed E-state index contributed by atoms with van der Waals surface area (Å²) in [6.45, 7) is 4.01. The van der Waals surface area contributed by atoms with Gasteiger partial charge in [-0.25, -0.2) is 0 Å². The van der Waals surface area contributed by atoms with Gasteiger partial charge in [0.1, 0.15) is 12.3 Å². The zero-order chi connectivity index (χ0) is 21.4. The summed E-state index contributed by atoms with van der Waals surface area (Å²) in [6.07, 6.45) is -0.0129. The number of fused-ring (bicyclic) bond motifs is 1. The van der Waals surface area contributed by atoms with Gasteiger partial charge in [-0.1, -0.05) is 6.07 Å². The average molecular weight is 465 g/mol. The highest BCUT2D eigenvalue weighted by Crippen LogP contribution is 2.50. The van der Waals surface area contributed by atoms with Crippen LogP contribution in [0.15, 0.2) is 24.3 Å². The Bertz CT molecular complexity index is 1170. The second-order valence-corrected chi connectivity index (χ2v) is 11.4. The van der Waals surface area contributed by atoms with Gasteiger partial charge in [0.15, 0.2) is 11.6 Å². The Hall–Kier alpha value is -2.00. The minimum Gasteiger partial charge on any atom is -0.364 e. The first-order valence-electron chi connectivity index (χ1n) is 11.3. The predicted molar refractivity (Wildman–Crippen MR) is 130 cm³/mol. The molecule has 2 unspecified atom stereocenters. The zero-order valence-electron chi connectivity index (χ0n) is 17.6. The molecule has 2 fully saturated rings. The van der Waals surface area contributed by atoms with Crippen molar-refractivity contribution in [3.05, 3.63) is 57.6 Å². The SMILES string of the molecule is O=C1c2cc3ccc2C(=O)c2c1cc1c(c2NC1N1CCSCC1)NC3N1CCSCC1. The highest BCUT2D eigenvalue weighted by Gasteiger charge is 2.43. The van der Waals surface area contributed by atoms with Crippen molar-refractivity contribution in [3.63, 3.8) is 0 Å². The van der Waals surface area contributed by atoms with Gasteiger partial charge in [0.05, 0.1) is 16.9 Å². The van der Waals surface area contributed by atoms with E-state index in [-0.39, 0.29) is 23.9 Å². The van der Waals surface area contributed by atoms with Crippen LogP contribution in [0.3, 0.4) is 0 Å². The van der Waals surface area contributed by atoms with Crippen molar-refractivity contribution in [1.82, 2.24) is 9.80 Å². The molecule has 7 heterocycles. The Balaban J connectivity index is 1.44. The van der Waals surface area contributed by atoms with E-state index in [2.05, 4.69) is 20.4 Å². The number of hydrogen-bond donors (Lipinski definition) is 2. The molecule has 2 N–H and O–H groups in total. The summed E-state index contributed by atoms with van der Waals surface area (Å²) >= 11 is 3.98. The van der Waals surface area contributed by atoms with Gasteiger partial charge in [0.2, 0.25) is 0 Å². The second kappa shape index (κ2) is 7.25. The lowest BCUT2D eigenvalue weighted by molar-refractivity contribution is 0.0979. The lowest BCUT2D eigenvalue weighted by atomic mass is 9.80. The van der Waals surface area contributed by atoms with Crippen LogP contribution in [-0.2, 0) is 0 Å². The molecule has 1 aliphatic carbocycles. The first-order valence-corrected chi connectivity index (χ1v) is 13.6. The van der Waals surface area contributed by atoms with Crippen molar-refractivity contribution in [2.75, 3.05) is 59.8 Å². The van der Waals surface area contributed by atoms with Crippen LogP contribution in [0.1, 0.15) is 55.3 Å². The number of nitrogens with one attached hydrogen (secondary N) is 2. The molecule has 0 spiro atoms. The van der Waals surface area contributed by atoms with Gasteiger partial charge in [0, 0.05) is 71.4 Å². The number of nitrogens with zero attached hydrogens (tertiary/aromatic N) is 2. The molecule has 7 aliphatic heterocycles. The molecule has 164 valence electrons. The number of ketones is 2. The third-order valence-corrected chi connectivity index (χ3v) is 9.24. The fraction of sp³-hybridized carbons (Fsp3) is 0.417. The second-order valence-electron chi connectivity index (χ2n) is 8.99. The van der Waals surface area contributed by atoms with E-state index in [1.165, 1.54) is 0 Å². The molecule has 0 aromatic heterocycles. The van der Waals surface area contributed by atoms with Gasteiger partial charge < -0.3 is 10.6 Å². The minimum atomic E-state index is -0.0408. The molecule has 2 aromatic carbocycles. The van der Waals surface area contributed by atoms with Crippen LogP contribution in [0.2, 0.25) is 0 Å². The van der Waals surface area contributed by atoms with Crippen molar-refractivity contribution >= 4 is 46.5 Å². The van der Waals surface area contributed by atoms with Crippen molar-refractivity contribution in [3.8, 4) is 0 Å². The van der Waals surface area contributed by atoms with Crippen molar-refractivity contribution in [2.24, 2.45) is 0 Å². The molecule has 8 bridgehead atoms. The molecule has 6 nitrogen and oxygen atoms in total. The Morgan fingerprint density at radius 2 is 1.38 bits per heavy atom. The molecule has 0 saturated carbocycles. The van der Waals surface area contributed by atoms with Gasteiger partial charge in [-0.2, -0.15) is 23.5 Å². The lowest BCUT2D eigenvalue weighted by Crippen LogP contribution is -2.40. The molecule has 8 heteroatoms. The van der Waals surface area contributed by atoms with Gasteiger partial charge in [-0.3, -0.25) is 19.4 Å². The summed E-state index contributed by atoms with van der Waals surface area (Å²) in [5, 5.41) is 7.53. The van der Waals surface area contributed by atoms with Gasteiger partial charge in [-0.15, -0.1) is 0 Å². The van der Waals surface area contributed by atoms with Gasteiger partial charge >= 0.3 is 0 Å². The Morgan fingerprint density at radius 3 is 2.09 bits per heavy atom. The van der Waals surface area contributed by atoms with Crippen LogP contribution in [-0.4, -0.2) is 70.6 Å². The highest BCUT2D eigenvalue weighted by molar-refractivity contribution is 7.99. The van der Waals surface area contributed by atoms with Crippen molar-refractivity contribution in [2.45, 2.75) is 12.3 Å². The molecular weight excluding hydrogens is 440 g/mol. The molecular formula is C24H24N4O2S2. The molecule has 2 aromatic rings. The van der Waals surface area contributed by atoms with Gasteiger partial charge in [-0.05, 0) is 23.8 Å². The summed E-state index contributed by atoms with van der Waals surface area (Å²) in [4.78, 5) is 32.1. The standard InChI is InChI=1S/C24H24N4O2S2/c29-21-15-11-13-1-2-14(15)22(30)18-16(21)12-17-19(25-23(13)27-3-7-31-8-4-27)20(18)26-24(17)28-5-9-32-10-6-28/h1-2,11-12,23-26H,3-10H2. The summed E-state index contributed by atoms with van der Waals surface area (Å²) in [6, 6.07) is 7.85. The van der Waals surface area contributed by atoms with E-state index in [0.717, 1.165) is 71.7 Å². The summed E-state index contributed by atoms with van der Waals surface area (Å²) < 4.78 is 0. The van der Waals surface area contributed by atoms with Crippen LogP contribution in [0, 0.1) is 0 Å². The number of carbonyl (C=O) groups excluding carboxylic acids is 2. The monoisotopic (exact) mass is 464 g/mol. The minimum absolute atomic E-state index is 0.00429. The van der Waals surface area contributed by atoms with Crippen LogP contribution >= 0.6 is 23.5 Å². The fourth-order valence-electron chi connectivity index (χ4n) is 5.73. The van der Waals surface area contributed by atoms with Crippen LogP contribution in [0.5, 0.6) is 0 Å². The third kappa shape index (κ3) is 2.70. The van der Waals surface area contributed by atoms with Crippen molar-refractivity contribution < 1.29 is 9.59 Å². The van der Waals surface area contributed by atoms with E-state index < -0.39 is 0 Å². The number of rotatable bonds is 2. The van der Waals surface area contributed by atoms with E-state index in [1.54, 1.807) is 0 Å². The number of anilines is 2. The summed E-state index contributed by atoms with van der Waals surface area (Å²) in [5.41, 5.74) is 6.19. The molecule has 8 aliphatic rings. The van der Waals surface area contributed by atoms with Gasteiger partial charge in [0.25, 0.3) is 0 Å². The summed E-state index contributed by atoms with van der Waals surface area (Å²) in [7, 11) is 0. The number of carbonyl (C=O) groups is 2. The van der Waals surface area contributed by atoms with E-state index in [4.69, 9.17) is 0 Å².